The fourth-order valence-electron chi connectivity index (χ4n) is 4.01. The summed E-state index contributed by atoms with van der Waals surface area (Å²) in [5.74, 6) is 0.170. The molecule has 1 aliphatic heterocycles. The van der Waals surface area contributed by atoms with Crippen molar-refractivity contribution >= 4 is 5.91 Å². The molecule has 28 heavy (non-hydrogen) atoms. The molecular weight excluding hydrogens is 350 g/mol. The SMILES string of the molecule is CC[C@@H](C(=O)N(CCC[NH+]1CCOCC1)Cc1cccn1C)c1ccccc1. The van der Waals surface area contributed by atoms with Crippen LogP contribution in [0.5, 0.6) is 0 Å². The number of rotatable bonds is 9. The van der Waals surface area contributed by atoms with E-state index >= 15 is 0 Å². The van der Waals surface area contributed by atoms with Gasteiger partial charge in [-0.2, -0.15) is 0 Å². The van der Waals surface area contributed by atoms with Gasteiger partial charge in [0.15, 0.2) is 0 Å². The minimum absolute atomic E-state index is 0.0720. The zero-order chi connectivity index (χ0) is 19.8. The van der Waals surface area contributed by atoms with E-state index in [1.165, 1.54) is 5.69 Å². The summed E-state index contributed by atoms with van der Waals surface area (Å²) in [6.07, 6.45) is 3.89. The van der Waals surface area contributed by atoms with Gasteiger partial charge in [-0.3, -0.25) is 4.79 Å². The van der Waals surface area contributed by atoms with Crippen molar-refractivity contribution in [2.24, 2.45) is 7.05 Å². The van der Waals surface area contributed by atoms with Gasteiger partial charge in [0.1, 0.15) is 13.1 Å². The van der Waals surface area contributed by atoms with Crippen molar-refractivity contribution in [1.82, 2.24) is 9.47 Å². The van der Waals surface area contributed by atoms with Gasteiger partial charge >= 0.3 is 0 Å². The van der Waals surface area contributed by atoms with E-state index in [-0.39, 0.29) is 11.8 Å². The number of hydrogen-bond donors (Lipinski definition) is 1. The van der Waals surface area contributed by atoms with Gasteiger partial charge in [-0.1, -0.05) is 37.3 Å². The predicted octanol–water partition coefficient (Wildman–Crippen LogP) is 1.85. The van der Waals surface area contributed by atoms with Crippen molar-refractivity contribution in [2.45, 2.75) is 32.2 Å². The Hall–Kier alpha value is -2.11. The molecule has 1 atom stereocenters. The summed E-state index contributed by atoms with van der Waals surface area (Å²) in [6.45, 7) is 8.54. The largest absolute Gasteiger partial charge is 0.370 e. The lowest BCUT2D eigenvalue weighted by Crippen LogP contribution is -3.14. The molecule has 0 bridgehead atoms. The molecule has 5 nitrogen and oxygen atoms in total. The Kier molecular flexibility index (Phi) is 7.69. The van der Waals surface area contributed by atoms with Crippen LogP contribution in [0.2, 0.25) is 0 Å². The molecule has 1 aromatic carbocycles. The van der Waals surface area contributed by atoms with Gasteiger partial charge in [0, 0.05) is 31.9 Å². The minimum Gasteiger partial charge on any atom is -0.370 e. The molecule has 152 valence electrons. The van der Waals surface area contributed by atoms with E-state index in [1.807, 2.05) is 37.5 Å². The quantitative estimate of drug-likeness (QED) is 0.717. The number of morpholine rings is 1. The topological polar surface area (TPSA) is 38.9 Å². The number of nitrogens with zero attached hydrogens (tertiary/aromatic N) is 2. The van der Waals surface area contributed by atoms with E-state index < -0.39 is 0 Å². The Morgan fingerprint density at radius 1 is 1.18 bits per heavy atom. The Labute approximate surface area is 168 Å². The van der Waals surface area contributed by atoms with Gasteiger partial charge in [0.05, 0.1) is 32.2 Å². The molecule has 1 aromatic heterocycles. The van der Waals surface area contributed by atoms with E-state index in [4.69, 9.17) is 4.74 Å². The first-order chi connectivity index (χ1) is 13.7. The number of ether oxygens (including phenoxy) is 1. The number of quaternary nitrogens is 1. The van der Waals surface area contributed by atoms with Gasteiger partial charge in [-0.25, -0.2) is 0 Å². The predicted molar refractivity (Wildman–Crippen MR) is 111 cm³/mol. The first-order valence-electron chi connectivity index (χ1n) is 10.5. The summed E-state index contributed by atoms with van der Waals surface area (Å²) in [5.41, 5.74) is 2.29. The minimum atomic E-state index is -0.0720. The van der Waals surface area contributed by atoms with E-state index in [0.717, 1.165) is 57.8 Å². The zero-order valence-electron chi connectivity index (χ0n) is 17.3. The molecule has 1 amide bonds. The zero-order valence-corrected chi connectivity index (χ0v) is 17.3. The summed E-state index contributed by atoms with van der Waals surface area (Å²) in [6, 6.07) is 14.4. The average Bonchev–Trinajstić information content (AvgIpc) is 3.14. The second-order valence-corrected chi connectivity index (χ2v) is 7.71. The molecule has 0 saturated carbocycles. The van der Waals surface area contributed by atoms with E-state index in [9.17, 15) is 4.79 Å². The Morgan fingerprint density at radius 3 is 2.57 bits per heavy atom. The van der Waals surface area contributed by atoms with Gasteiger partial charge in [-0.15, -0.1) is 0 Å². The van der Waals surface area contributed by atoms with Crippen molar-refractivity contribution in [3.63, 3.8) is 0 Å². The third-order valence-corrected chi connectivity index (χ3v) is 5.78. The summed E-state index contributed by atoms with van der Waals surface area (Å²) in [5, 5.41) is 0. The van der Waals surface area contributed by atoms with Crippen LogP contribution in [0.25, 0.3) is 0 Å². The number of aryl methyl sites for hydroxylation is 1. The summed E-state index contributed by atoms with van der Waals surface area (Å²) in [4.78, 5) is 17.1. The number of amides is 1. The normalized spacial score (nSPS) is 16.1. The highest BCUT2D eigenvalue weighted by Gasteiger charge is 2.25. The molecule has 1 saturated heterocycles. The lowest BCUT2D eigenvalue weighted by Gasteiger charge is -2.29. The molecule has 5 heteroatoms. The lowest BCUT2D eigenvalue weighted by molar-refractivity contribution is -0.908. The maximum Gasteiger partial charge on any atom is 0.230 e. The van der Waals surface area contributed by atoms with Crippen molar-refractivity contribution in [1.29, 1.82) is 0 Å². The molecule has 1 aliphatic rings. The fourth-order valence-corrected chi connectivity index (χ4v) is 4.01. The number of carbonyl (C=O) groups excluding carboxylic acids is 1. The van der Waals surface area contributed by atoms with Crippen LogP contribution in [0.3, 0.4) is 0 Å². The molecule has 0 spiro atoms. The van der Waals surface area contributed by atoms with Crippen LogP contribution in [-0.2, 0) is 23.1 Å². The molecule has 0 radical (unpaired) electrons. The Morgan fingerprint density at radius 2 is 1.93 bits per heavy atom. The molecule has 1 N–H and O–H groups in total. The van der Waals surface area contributed by atoms with Gasteiger partial charge in [0.25, 0.3) is 0 Å². The number of carbonyl (C=O) groups is 1. The number of aromatic nitrogens is 1. The van der Waals surface area contributed by atoms with E-state index in [2.05, 4.69) is 34.6 Å². The second-order valence-electron chi connectivity index (χ2n) is 7.71. The maximum atomic E-state index is 13.5. The maximum absolute atomic E-state index is 13.5. The van der Waals surface area contributed by atoms with Crippen LogP contribution < -0.4 is 4.90 Å². The third-order valence-electron chi connectivity index (χ3n) is 5.78. The van der Waals surface area contributed by atoms with Crippen LogP contribution in [0.15, 0.2) is 48.7 Å². The third kappa shape index (κ3) is 5.46. The van der Waals surface area contributed by atoms with Gasteiger partial charge < -0.3 is 19.1 Å². The second kappa shape index (κ2) is 10.4. The Bertz CT molecular complexity index is 722. The van der Waals surface area contributed by atoms with Crippen molar-refractivity contribution < 1.29 is 14.4 Å². The van der Waals surface area contributed by atoms with E-state index in [0.29, 0.717) is 6.54 Å². The molecule has 2 heterocycles. The standard InChI is InChI=1S/C23H33N3O2/c1-3-22(20-9-5-4-6-10-20)23(27)26(19-21-11-7-12-24(21)2)14-8-13-25-15-17-28-18-16-25/h4-7,9-12,22H,3,8,13-19H2,1-2H3/p+1/t22-/m1/s1. The highest BCUT2D eigenvalue weighted by molar-refractivity contribution is 5.83. The molecular formula is C23H34N3O2+. The van der Waals surface area contributed by atoms with Crippen molar-refractivity contribution in [3.05, 3.63) is 59.9 Å². The van der Waals surface area contributed by atoms with Crippen molar-refractivity contribution in [3.8, 4) is 0 Å². The molecule has 0 unspecified atom stereocenters. The van der Waals surface area contributed by atoms with Gasteiger partial charge in [-0.05, 0) is 24.1 Å². The van der Waals surface area contributed by atoms with Crippen LogP contribution in [-0.4, -0.2) is 54.8 Å². The molecule has 2 aromatic rings. The first-order valence-corrected chi connectivity index (χ1v) is 10.5. The first kappa shape index (κ1) is 20.6. The number of nitrogens with one attached hydrogen (secondary N) is 1. The van der Waals surface area contributed by atoms with Crippen LogP contribution in [0.1, 0.15) is 36.9 Å². The van der Waals surface area contributed by atoms with Gasteiger partial charge in [0.2, 0.25) is 5.91 Å². The monoisotopic (exact) mass is 384 g/mol. The van der Waals surface area contributed by atoms with Crippen LogP contribution >= 0.6 is 0 Å². The summed E-state index contributed by atoms with van der Waals surface area (Å²) >= 11 is 0. The highest BCUT2D eigenvalue weighted by Crippen LogP contribution is 2.23. The fraction of sp³-hybridized carbons (Fsp3) is 0.522. The smallest absolute Gasteiger partial charge is 0.230 e. The molecule has 1 fully saturated rings. The number of benzene rings is 1. The summed E-state index contributed by atoms with van der Waals surface area (Å²) in [7, 11) is 2.05. The Balaban J connectivity index is 1.68. The molecule has 3 rings (SSSR count). The lowest BCUT2D eigenvalue weighted by atomic mass is 9.95. The average molecular weight is 385 g/mol. The highest BCUT2D eigenvalue weighted by atomic mass is 16.5. The molecule has 0 aliphatic carbocycles. The van der Waals surface area contributed by atoms with Crippen molar-refractivity contribution in [2.75, 3.05) is 39.4 Å². The van der Waals surface area contributed by atoms with E-state index in [1.54, 1.807) is 4.90 Å². The summed E-state index contributed by atoms with van der Waals surface area (Å²) < 4.78 is 7.56. The van der Waals surface area contributed by atoms with Crippen LogP contribution in [0, 0.1) is 0 Å². The number of hydrogen-bond acceptors (Lipinski definition) is 2. The van der Waals surface area contributed by atoms with Crippen LogP contribution in [0.4, 0.5) is 0 Å².